The molecule has 11 heavy (non-hydrogen) atoms. The standard InChI is InChI=1S/C10H13N/c1-8-4-2-6-10-9(8)5-3-7-11-10/h2,4,6,11H,3,5,7H2,1H3. The number of benzene rings is 1. The van der Waals surface area contributed by atoms with Crippen LogP contribution in [0, 0.1) is 6.92 Å². The highest BCUT2D eigenvalue weighted by atomic mass is 14.9. The van der Waals surface area contributed by atoms with Crippen LogP contribution in [0.3, 0.4) is 0 Å². The number of anilines is 1. The Morgan fingerprint density at radius 3 is 3.09 bits per heavy atom. The molecule has 0 saturated carbocycles. The number of aryl methyl sites for hydroxylation is 1. The summed E-state index contributed by atoms with van der Waals surface area (Å²) in [4.78, 5) is 0. The van der Waals surface area contributed by atoms with Gasteiger partial charge in [0, 0.05) is 12.2 Å². The molecule has 1 nitrogen and oxygen atoms in total. The van der Waals surface area contributed by atoms with Gasteiger partial charge in [-0.3, -0.25) is 0 Å². The van der Waals surface area contributed by atoms with E-state index in [0.717, 1.165) is 6.54 Å². The Labute approximate surface area is 67.4 Å². The van der Waals surface area contributed by atoms with Gasteiger partial charge in [-0.15, -0.1) is 0 Å². The SMILES string of the molecule is Cc1cccc2c1CCCN2. The molecule has 1 N–H and O–H groups in total. The first-order chi connectivity index (χ1) is 5.38. The third-order valence-electron chi connectivity index (χ3n) is 2.33. The zero-order valence-corrected chi connectivity index (χ0v) is 6.85. The van der Waals surface area contributed by atoms with Crippen molar-refractivity contribution in [3.63, 3.8) is 0 Å². The highest BCUT2D eigenvalue weighted by molar-refractivity contribution is 5.55. The molecule has 0 aromatic heterocycles. The van der Waals surface area contributed by atoms with Crippen LogP contribution in [0.2, 0.25) is 0 Å². The summed E-state index contributed by atoms with van der Waals surface area (Å²) in [6.07, 6.45) is 2.52. The Morgan fingerprint density at radius 2 is 2.27 bits per heavy atom. The molecule has 1 aliphatic heterocycles. The maximum Gasteiger partial charge on any atom is 0.0375 e. The maximum atomic E-state index is 3.40. The predicted molar refractivity (Wildman–Crippen MR) is 48.0 cm³/mol. The van der Waals surface area contributed by atoms with E-state index in [4.69, 9.17) is 0 Å². The van der Waals surface area contributed by atoms with Gasteiger partial charge in [0.1, 0.15) is 0 Å². The lowest BCUT2D eigenvalue weighted by Crippen LogP contribution is -2.12. The van der Waals surface area contributed by atoms with Crippen molar-refractivity contribution in [1.29, 1.82) is 0 Å². The van der Waals surface area contributed by atoms with Crippen molar-refractivity contribution < 1.29 is 0 Å². The first-order valence-electron chi connectivity index (χ1n) is 4.20. The average molecular weight is 147 g/mol. The Morgan fingerprint density at radius 1 is 1.36 bits per heavy atom. The molecule has 1 heterocycles. The Bertz CT molecular complexity index is 266. The molecule has 0 amide bonds. The Balaban J connectivity index is 2.49. The van der Waals surface area contributed by atoms with Crippen molar-refractivity contribution in [1.82, 2.24) is 0 Å². The Kier molecular flexibility index (Phi) is 1.57. The van der Waals surface area contributed by atoms with Crippen molar-refractivity contribution in [2.45, 2.75) is 19.8 Å². The van der Waals surface area contributed by atoms with E-state index in [1.54, 1.807) is 0 Å². The van der Waals surface area contributed by atoms with E-state index in [9.17, 15) is 0 Å². The van der Waals surface area contributed by atoms with Crippen LogP contribution < -0.4 is 5.32 Å². The van der Waals surface area contributed by atoms with Crippen LogP contribution in [0.1, 0.15) is 17.5 Å². The average Bonchev–Trinajstić information content (AvgIpc) is 2.06. The molecule has 1 aromatic carbocycles. The van der Waals surface area contributed by atoms with Crippen LogP contribution in [-0.2, 0) is 6.42 Å². The van der Waals surface area contributed by atoms with Gasteiger partial charge in [0.05, 0.1) is 0 Å². The third kappa shape index (κ3) is 1.11. The van der Waals surface area contributed by atoms with Crippen molar-refractivity contribution in [2.75, 3.05) is 11.9 Å². The summed E-state index contributed by atoms with van der Waals surface area (Å²) in [7, 11) is 0. The first kappa shape index (κ1) is 6.71. The normalized spacial score (nSPS) is 15.4. The van der Waals surface area contributed by atoms with Gasteiger partial charge in [0.2, 0.25) is 0 Å². The molecule has 0 spiro atoms. The zero-order chi connectivity index (χ0) is 7.68. The molecule has 0 bridgehead atoms. The maximum absolute atomic E-state index is 3.40. The molecule has 0 fully saturated rings. The molecule has 1 aliphatic rings. The summed E-state index contributed by atoms with van der Waals surface area (Å²) >= 11 is 0. The molecule has 1 aromatic rings. The van der Waals surface area contributed by atoms with E-state index in [1.807, 2.05) is 0 Å². The summed E-state index contributed by atoms with van der Waals surface area (Å²) in [5.41, 5.74) is 4.28. The van der Waals surface area contributed by atoms with Gasteiger partial charge in [0.25, 0.3) is 0 Å². The third-order valence-corrected chi connectivity index (χ3v) is 2.33. The van der Waals surface area contributed by atoms with Gasteiger partial charge in [-0.2, -0.15) is 0 Å². The highest BCUT2D eigenvalue weighted by Gasteiger charge is 2.08. The molecular weight excluding hydrogens is 134 g/mol. The molecule has 0 unspecified atom stereocenters. The van der Waals surface area contributed by atoms with E-state index in [1.165, 1.54) is 29.7 Å². The summed E-state index contributed by atoms with van der Waals surface area (Å²) < 4.78 is 0. The minimum atomic E-state index is 1.14. The molecule has 1 heteroatoms. The van der Waals surface area contributed by atoms with E-state index in [-0.39, 0.29) is 0 Å². The highest BCUT2D eigenvalue weighted by Crippen LogP contribution is 2.24. The number of rotatable bonds is 0. The van der Waals surface area contributed by atoms with Gasteiger partial charge < -0.3 is 5.32 Å². The van der Waals surface area contributed by atoms with Crippen LogP contribution in [-0.4, -0.2) is 6.54 Å². The monoisotopic (exact) mass is 147 g/mol. The first-order valence-corrected chi connectivity index (χ1v) is 4.20. The van der Waals surface area contributed by atoms with Crippen molar-refractivity contribution >= 4 is 5.69 Å². The van der Waals surface area contributed by atoms with Gasteiger partial charge in [0.15, 0.2) is 0 Å². The molecule has 58 valence electrons. The van der Waals surface area contributed by atoms with E-state index in [2.05, 4.69) is 30.4 Å². The largest absolute Gasteiger partial charge is 0.385 e. The summed E-state index contributed by atoms with van der Waals surface area (Å²) in [5.74, 6) is 0. The lowest BCUT2D eigenvalue weighted by molar-refractivity contribution is 0.824. The van der Waals surface area contributed by atoms with Gasteiger partial charge in [-0.05, 0) is 37.0 Å². The molecule has 0 saturated heterocycles. The topological polar surface area (TPSA) is 12.0 Å². The van der Waals surface area contributed by atoms with Crippen molar-refractivity contribution in [2.24, 2.45) is 0 Å². The molecular formula is C10H13N. The fourth-order valence-corrected chi connectivity index (χ4v) is 1.69. The summed E-state index contributed by atoms with van der Waals surface area (Å²) in [6.45, 7) is 3.32. The number of fused-ring (bicyclic) bond motifs is 1. The molecule has 0 aliphatic carbocycles. The van der Waals surface area contributed by atoms with Gasteiger partial charge >= 0.3 is 0 Å². The quantitative estimate of drug-likeness (QED) is 0.594. The second-order valence-corrected chi connectivity index (χ2v) is 3.13. The van der Waals surface area contributed by atoms with Gasteiger partial charge in [-0.1, -0.05) is 12.1 Å². The Hall–Kier alpha value is -0.980. The van der Waals surface area contributed by atoms with E-state index >= 15 is 0 Å². The number of nitrogens with one attached hydrogen (secondary N) is 1. The lowest BCUT2D eigenvalue weighted by Gasteiger charge is -2.19. The second kappa shape index (κ2) is 2.57. The van der Waals surface area contributed by atoms with Crippen molar-refractivity contribution in [3.8, 4) is 0 Å². The van der Waals surface area contributed by atoms with E-state index in [0.29, 0.717) is 0 Å². The number of hydrogen-bond acceptors (Lipinski definition) is 1. The van der Waals surface area contributed by atoms with Gasteiger partial charge in [-0.25, -0.2) is 0 Å². The van der Waals surface area contributed by atoms with Crippen LogP contribution in [0.5, 0.6) is 0 Å². The molecule has 2 rings (SSSR count). The van der Waals surface area contributed by atoms with Crippen LogP contribution in [0.4, 0.5) is 5.69 Å². The van der Waals surface area contributed by atoms with E-state index < -0.39 is 0 Å². The molecule has 0 radical (unpaired) electrons. The van der Waals surface area contributed by atoms with Crippen LogP contribution >= 0.6 is 0 Å². The minimum Gasteiger partial charge on any atom is -0.385 e. The van der Waals surface area contributed by atoms with Crippen LogP contribution in [0.15, 0.2) is 18.2 Å². The number of hydrogen-bond donors (Lipinski definition) is 1. The minimum absolute atomic E-state index is 1.14. The second-order valence-electron chi connectivity index (χ2n) is 3.13. The summed E-state index contributed by atoms with van der Waals surface area (Å²) in [6, 6.07) is 6.47. The smallest absolute Gasteiger partial charge is 0.0375 e. The lowest BCUT2D eigenvalue weighted by atomic mass is 9.99. The fraction of sp³-hybridized carbons (Fsp3) is 0.400. The predicted octanol–water partition coefficient (Wildman–Crippen LogP) is 2.35. The fourth-order valence-electron chi connectivity index (χ4n) is 1.69. The van der Waals surface area contributed by atoms with Crippen molar-refractivity contribution in [3.05, 3.63) is 29.3 Å². The zero-order valence-electron chi connectivity index (χ0n) is 6.85. The summed E-state index contributed by atoms with van der Waals surface area (Å²) in [5, 5.41) is 3.40. The van der Waals surface area contributed by atoms with Crippen LogP contribution in [0.25, 0.3) is 0 Å². The molecule has 0 atom stereocenters.